The molecule has 8 nitrogen and oxygen atoms in total. The van der Waals surface area contributed by atoms with Gasteiger partial charge >= 0.3 is 11.9 Å². The molecule has 0 aliphatic carbocycles. The largest absolute Gasteiger partial charge is 0.491 e. The first-order valence-electron chi connectivity index (χ1n) is 14.5. The lowest BCUT2D eigenvalue weighted by Crippen LogP contribution is -2.15. The Morgan fingerprint density at radius 3 is 2.17 bits per heavy atom. The lowest BCUT2D eigenvalue weighted by molar-refractivity contribution is -0.136. The molecule has 2 aromatic carbocycles. The Labute approximate surface area is 241 Å². The van der Waals surface area contributed by atoms with Crippen molar-refractivity contribution >= 4 is 23.5 Å². The van der Waals surface area contributed by atoms with Crippen LogP contribution in [0.15, 0.2) is 60.7 Å². The first-order chi connectivity index (χ1) is 19.9. The predicted molar refractivity (Wildman–Crippen MR) is 160 cm³/mol. The van der Waals surface area contributed by atoms with Crippen LogP contribution in [0.5, 0.6) is 5.75 Å². The Bertz CT molecular complexity index is 1310. The number of hydrogen-bond donors (Lipinski definition) is 3. The standard InChI is InChI=1S/C33H40N2O6/c1-2-3-4-5-6-7-8-9-10-13-21-41-29-20-19-28(32(38)34-26-17-14-16-25(22-26)33(39)40)35-31(29)27-18-12-11-15-24(27)23-30(36)37/h11-12,14-20,22H,2-10,13,21,23H2,1H3,(H,34,38)(H,36,37)(H,39,40). The van der Waals surface area contributed by atoms with E-state index in [4.69, 9.17) is 4.74 Å². The molecule has 0 radical (unpaired) electrons. The molecule has 3 N–H and O–H groups in total. The first kappa shape index (κ1) is 31.3. The molecule has 218 valence electrons. The van der Waals surface area contributed by atoms with Crippen molar-refractivity contribution < 1.29 is 29.3 Å². The number of rotatable bonds is 18. The molecule has 0 bridgehead atoms. The highest BCUT2D eigenvalue weighted by molar-refractivity contribution is 6.04. The summed E-state index contributed by atoms with van der Waals surface area (Å²) in [5.41, 5.74) is 2.00. The van der Waals surface area contributed by atoms with Crippen LogP contribution in [0.3, 0.4) is 0 Å². The zero-order chi connectivity index (χ0) is 29.5. The molecule has 0 fully saturated rings. The number of amides is 1. The highest BCUT2D eigenvalue weighted by Crippen LogP contribution is 2.32. The molecule has 3 rings (SSSR count). The number of benzene rings is 2. The summed E-state index contributed by atoms with van der Waals surface area (Å²) in [6.07, 6.45) is 11.9. The Morgan fingerprint density at radius 2 is 1.49 bits per heavy atom. The van der Waals surface area contributed by atoms with E-state index in [9.17, 15) is 24.6 Å². The average molecular weight is 561 g/mol. The summed E-state index contributed by atoms with van der Waals surface area (Å²) in [6, 6.07) is 16.2. The van der Waals surface area contributed by atoms with Gasteiger partial charge in [-0.05, 0) is 42.3 Å². The van der Waals surface area contributed by atoms with Gasteiger partial charge in [-0.25, -0.2) is 9.78 Å². The van der Waals surface area contributed by atoms with Crippen LogP contribution < -0.4 is 10.1 Å². The fourth-order valence-corrected chi connectivity index (χ4v) is 4.65. The van der Waals surface area contributed by atoms with Crippen molar-refractivity contribution in [3.05, 3.63) is 77.5 Å². The molecule has 0 unspecified atom stereocenters. The van der Waals surface area contributed by atoms with E-state index in [1.807, 2.05) is 0 Å². The van der Waals surface area contributed by atoms with E-state index in [1.54, 1.807) is 48.5 Å². The lowest BCUT2D eigenvalue weighted by Gasteiger charge is -2.15. The van der Waals surface area contributed by atoms with Crippen LogP contribution in [0.1, 0.15) is 97.5 Å². The first-order valence-corrected chi connectivity index (χ1v) is 14.5. The van der Waals surface area contributed by atoms with Gasteiger partial charge in [0.05, 0.1) is 18.6 Å². The van der Waals surface area contributed by atoms with Crippen LogP contribution in [0, 0.1) is 0 Å². The van der Waals surface area contributed by atoms with Crippen molar-refractivity contribution in [3.63, 3.8) is 0 Å². The van der Waals surface area contributed by atoms with Crippen molar-refractivity contribution in [1.82, 2.24) is 4.98 Å². The average Bonchev–Trinajstić information content (AvgIpc) is 2.96. The number of carbonyl (C=O) groups excluding carboxylic acids is 1. The second-order valence-electron chi connectivity index (χ2n) is 10.1. The number of carboxylic acid groups (broad SMARTS) is 2. The molecule has 1 amide bonds. The molecular weight excluding hydrogens is 520 g/mol. The van der Waals surface area contributed by atoms with Gasteiger partial charge in [-0.15, -0.1) is 0 Å². The molecular formula is C33H40N2O6. The summed E-state index contributed by atoms with van der Waals surface area (Å²) < 4.78 is 6.11. The van der Waals surface area contributed by atoms with Gasteiger partial charge in [-0.2, -0.15) is 0 Å². The number of nitrogens with one attached hydrogen (secondary N) is 1. The number of carboxylic acids is 2. The van der Waals surface area contributed by atoms with Gasteiger partial charge in [-0.1, -0.05) is 95.0 Å². The zero-order valence-corrected chi connectivity index (χ0v) is 23.7. The summed E-state index contributed by atoms with van der Waals surface area (Å²) in [4.78, 5) is 40.5. The number of aromatic carboxylic acids is 1. The second kappa shape index (κ2) is 16.8. The fourth-order valence-electron chi connectivity index (χ4n) is 4.65. The molecule has 1 aromatic heterocycles. The molecule has 0 aliphatic rings. The molecule has 8 heteroatoms. The van der Waals surface area contributed by atoms with Crippen molar-refractivity contribution in [2.45, 2.75) is 77.6 Å². The Morgan fingerprint density at radius 1 is 0.805 bits per heavy atom. The van der Waals surface area contributed by atoms with E-state index in [0.29, 0.717) is 34.9 Å². The molecule has 0 atom stereocenters. The number of aliphatic carboxylic acids is 1. The maximum absolute atomic E-state index is 13.1. The Kier molecular flexibility index (Phi) is 12.8. The summed E-state index contributed by atoms with van der Waals surface area (Å²) in [5, 5.41) is 21.4. The fraction of sp³-hybridized carbons (Fsp3) is 0.394. The number of anilines is 1. The molecule has 0 saturated heterocycles. The van der Waals surface area contributed by atoms with E-state index < -0.39 is 17.8 Å². The minimum absolute atomic E-state index is 0.0507. The van der Waals surface area contributed by atoms with Crippen LogP contribution in [0.25, 0.3) is 11.3 Å². The smallest absolute Gasteiger partial charge is 0.335 e. The summed E-state index contributed by atoms with van der Waals surface area (Å²) in [6.45, 7) is 2.71. The Balaban J connectivity index is 1.70. The van der Waals surface area contributed by atoms with Crippen LogP contribution in [0.2, 0.25) is 0 Å². The number of nitrogens with zero attached hydrogens (tertiary/aromatic N) is 1. The maximum atomic E-state index is 13.1. The maximum Gasteiger partial charge on any atom is 0.335 e. The molecule has 1 heterocycles. The van der Waals surface area contributed by atoms with Crippen molar-refractivity contribution in [1.29, 1.82) is 0 Å². The predicted octanol–water partition coefficient (Wildman–Crippen LogP) is 7.63. The summed E-state index contributed by atoms with van der Waals surface area (Å²) in [7, 11) is 0. The number of carbonyl (C=O) groups is 3. The second-order valence-corrected chi connectivity index (χ2v) is 10.1. The van der Waals surface area contributed by atoms with Crippen molar-refractivity contribution in [2.75, 3.05) is 11.9 Å². The number of pyridine rings is 1. The number of hydrogen-bond acceptors (Lipinski definition) is 5. The third-order valence-corrected chi connectivity index (χ3v) is 6.83. The summed E-state index contributed by atoms with van der Waals surface area (Å²) in [5.74, 6) is -2.12. The highest BCUT2D eigenvalue weighted by Gasteiger charge is 2.18. The highest BCUT2D eigenvalue weighted by atomic mass is 16.5. The SMILES string of the molecule is CCCCCCCCCCCCOc1ccc(C(=O)Nc2cccc(C(=O)O)c2)nc1-c1ccccc1CC(=O)O. The topological polar surface area (TPSA) is 126 Å². The van der Waals surface area contributed by atoms with Crippen LogP contribution >= 0.6 is 0 Å². The van der Waals surface area contributed by atoms with Gasteiger partial charge in [0.25, 0.3) is 5.91 Å². The molecule has 0 aliphatic heterocycles. The minimum Gasteiger partial charge on any atom is -0.491 e. The molecule has 41 heavy (non-hydrogen) atoms. The monoisotopic (exact) mass is 560 g/mol. The zero-order valence-electron chi connectivity index (χ0n) is 23.7. The van der Waals surface area contributed by atoms with E-state index in [2.05, 4.69) is 17.2 Å². The van der Waals surface area contributed by atoms with Crippen molar-refractivity contribution in [3.8, 4) is 17.0 Å². The number of ether oxygens (including phenoxy) is 1. The number of aromatic nitrogens is 1. The van der Waals surface area contributed by atoms with E-state index in [1.165, 1.54) is 57.1 Å². The van der Waals surface area contributed by atoms with E-state index in [0.717, 1.165) is 19.3 Å². The van der Waals surface area contributed by atoms with E-state index >= 15 is 0 Å². The van der Waals surface area contributed by atoms with Gasteiger partial charge in [-0.3, -0.25) is 9.59 Å². The molecule has 0 spiro atoms. The van der Waals surface area contributed by atoms with Gasteiger partial charge < -0.3 is 20.3 Å². The van der Waals surface area contributed by atoms with E-state index in [-0.39, 0.29) is 17.7 Å². The van der Waals surface area contributed by atoms with Crippen LogP contribution in [-0.2, 0) is 11.2 Å². The Hall–Kier alpha value is -4.20. The van der Waals surface area contributed by atoms with Crippen LogP contribution in [-0.4, -0.2) is 39.6 Å². The van der Waals surface area contributed by atoms with Gasteiger partial charge in [0.1, 0.15) is 17.1 Å². The summed E-state index contributed by atoms with van der Waals surface area (Å²) >= 11 is 0. The molecule has 3 aromatic rings. The number of unbranched alkanes of at least 4 members (excludes halogenated alkanes) is 9. The minimum atomic E-state index is -1.10. The van der Waals surface area contributed by atoms with Gasteiger partial charge in [0, 0.05) is 11.3 Å². The normalized spacial score (nSPS) is 10.8. The van der Waals surface area contributed by atoms with Gasteiger partial charge in [0.2, 0.25) is 0 Å². The van der Waals surface area contributed by atoms with Crippen LogP contribution in [0.4, 0.5) is 5.69 Å². The quantitative estimate of drug-likeness (QED) is 0.137. The third-order valence-electron chi connectivity index (χ3n) is 6.83. The van der Waals surface area contributed by atoms with Gasteiger partial charge in [0.15, 0.2) is 0 Å². The third kappa shape index (κ3) is 10.4. The molecule has 0 saturated carbocycles. The van der Waals surface area contributed by atoms with Crippen molar-refractivity contribution in [2.24, 2.45) is 0 Å². The lowest BCUT2D eigenvalue weighted by atomic mass is 10.0.